The van der Waals surface area contributed by atoms with Crippen LogP contribution in [0.3, 0.4) is 0 Å². The molecule has 0 bridgehead atoms. The molecule has 0 amide bonds. The highest BCUT2D eigenvalue weighted by atomic mass is 31.2. The van der Waals surface area contributed by atoms with E-state index in [-0.39, 0.29) is 0 Å². The molecule has 0 fully saturated rings. The van der Waals surface area contributed by atoms with Crippen molar-refractivity contribution in [1.29, 1.82) is 0 Å². The molecule has 0 saturated heterocycles. The van der Waals surface area contributed by atoms with Crippen LogP contribution in [0.1, 0.15) is 19.8 Å². The second-order valence-corrected chi connectivity index (χ2v) is 10.6. The van der Waals surface area contributed by atoms with Crippen molar-refractivity contribution in [3.8, 4) is 0 Å². The molecule has 140 valence electrons. The Morgan fingerprint density at radius 3 is 1.33 bits per heavy atom. The fourth-order valence-electron chi connectivity index (χ4n) is 3.65. The molecule has 0 heterocycles. The van der Waals surface area contributed by atoms with Crippen LogP contribution in [0, 0.1) is 0 Å². The van der Waals surface area contributed by atoms with Gasteiger partial charge in [-0.15, -0.1) is 0 Å². The minimum Gasteiger partial charge on any atom is -0.393 e. The average molecular weight is 379 g/mol. The van der Waals surface area contributed by atoms with Gasteiger partial charge >= 0.3 is 0 Å². The van der Waals surface area contributed by atoms with Crippen molar-refractivity contribution < 1.29 is 10.2 Å². The van der Waals surface area contributed by atoms with Crippen LogP contribution in [0.25, 0.3) is 0 Å². The predicted octanol–water partition coefficient (Wildman–Crippen LogP) is 3.50. The Kier molecular flexibility index (Phi) is 6.79. The zero-order valence-electron chi connectivity index (χ0n) is 15.8. The molecule has 27 heavy (non-hydrogen) atoms. The summed E-state index contributed by atoms with van der Waals surface area (Å²) in [7, 11) is -2.00. The molecule has 0 aliphatic heterocycles. The molecule has 0 saturated carbocycles. The molecule has 2 nitrogen and oxygen atoms in total. The Labute approximate surface area is 162 Å². The lowest BCUT2D eigenvalue weighted by Crippen LogP contribution is -2.37. The standard InChI is InChI=1S/C24H28O2P/c1-20(25)17-18-21(26)19-27(22-11-5-2-6-12-22,23-13-7-3-8-14-23)24-15-9-4-10-16-24/h2-16,20-21,25-26H,17-19H2,1H3/q+1. The quantitative estimate of drug-likeness (QED) is 0.588. The largest absolute Gasteiger partial charge is 0.393 e. The first-order chi connectivity index (χ1) is 13.1. The van der Waals surface area contributed by atoms with Gasteiger partial charge in [0.05, 0.1) is 18.4 Å². The highest BCUT2D eigenvalue weighted by molar-refractivity contribution is 7.95. The third kappa shape index (κ3) is 4.65. The Hall–Kier alpha value is -1.99. The number of benzene rings is 3. The maximum atomic E-state index is 10.9. The smallest absolute Gasteiger partial charge is 0.114 e. The van der Waals surface area contributed by atoms with Crippen molar-refractivity contribution in [2.45, 2.75) is 32.0 Å². The van der Waals surface area contributed by atoms with Crippen molar-refractivity contribution in [3.63, 3.8) is 0 Å². The summed E-state index contributed by atoms with van der Waals surface area (Å²) in [5, 5.41) is 24.4. The highest BCUT2D eigenvalue weighted by Gasteiger charge is 2.46. The predicted molar refractivity (Wildman–Crippen MR) is 117 cm³/mol. The normalized spacial score (nSPS) is 13.9. The summed E-state index contributed by atoms with van der Waals surface area (Å²) in [6.45, 7) is 1.78. The third-order valence-electron chi connectivity index (χ3n) is 4.99. The first-order valence-corrected chi connectivity index (χ1v) is 11.5. The second kappa shape index (κ2) is 9.28. The number of hydrogen-bond acceptors (Lipinski definition) is 2. The van der Waals surface area contributed by atoms with Gasteiger partial charge in [0, 0.05) is 0 Å². The molecule has 0 aliphatic carbocycles. The van der Waals surface area contributed by atoms with Crippen LogP contribution in [0.4, 0.5) is 0 Å². The molecule has 2 atom stereocenters. The van der Waals surface area contributed by atoms with Crippen molar-refractivity contribution >= 4 is 23.2 Å². The fraction of sp³-hybridized carbons (Fsp3) is 0.250. The lowest BCUT2D eigenvalue weighted by Gasteiger charge is -2.29. The molecule has 2 N–H and O–H groups in total. The highest BCUT2D eigenvalue weighted by Crippen LogP contribution is 2.56. The number of hydrogen-bond donors (Lipinski definition) is 2. The van der Waals surface area contributed by atoms with E-state index in [4.69, 9.17) is 0 Å². The summed E-state index contributed by atoms with van der Waals surface area (Å²) in [5.74, 6) is 0. The Bertz CT molecular complexity index is 707. The summed E-state index contributed by atoms with van der Waals surface area (Å²) in [6, 6.07) is 31.7. The van der Waals surface area contributed by atoms with Crippen molar-refractivity contribution in [1.82, 2.24) is 0 Å². The summed E-state index contributed by atoms with van der Waals surface area (Å²) >= 11 is 0. The van der Waals surface area contributed by atoms with Crippen LogP contribution >= 0.6 is 7.26 Å². The zero-order chi connectivity index (χ0) is 19.1. The van der Waals surface area contributed by atoms with E-state index in [0.717, 1.165) is 0 Å². The summed E-state index contributed by atoms with van der Waals surface area (Å²) in [6.07, 6.45) is 1.04. The van der Waals surface area contributed by atoms with E-state index in [2.05, 4.69) is 72.8 Å². The van der Waals surface area contributed by atoms with Gasteiger partial charge in [0.15, 0.2) is 0 Å². The van der Waals surface area contributed by atoms with Gasteiger partial charge in [-0.3, -0.25) is 0 Å². The fourth-order valence-corrected chi connectivity index (χ4v) is 8.04. The van der Waals surface area contributed by atoms with Gasteiger partial charge in [0.2, 0.25) is 0 Å². The molecule has 0 aromatic heterocycles. The van der Waals surface area contributed by atoms with E-state index < -0.39 is 19.5 Å². The molecule has 2 unspecified atom stereocenters. The van der Waals surface area contributed by atoms with Gasteiger partial charge in [0.1, 0.15) is 23.2 Å². The van der Waals surface area contributed by atoms with Gasteiger partial charge in [-0.05, 0) is 56.2 Å². The monoisotopic (exact) mass is 379 g/mol. The maximum Gasteiger partial charge on any atom is 0.114 e. The van der Waals surface area contributed by atoms with Crippen LogP contribution in [0.15, 0.2) is 91.0 Å². The molecule has 3 heteroatoms. The van der Waals surface area contributed by atoms with Crippen molar-refractivity contribution in [3.05, 3.63) is 91.0 Å². The van der Waals surface area contributed by atoms with Crippen LogP contribution in [0.2, 0.25) is 0 Å². The molecular weight excluding hydrogens is 351 g/mol. The summed E-state index contributed by atoms with van der Waals surface area (Å²) in [4.78, 5) is 0. The average Bonchev–Trinajstić information content (AvgIpc) is 2.72. The van der Waals surface area contributed by atoms with E-state index in [1.165, 1.54) is 15.9 Å². The Morgan fingerprint density at radius 2 is 1.00 bits per heavy atom. The van der Waals surface area contributed by atoms with Crippen LogP contribution < -0.4 is 15.9 Å². The van der Waals surface area contributed by atoms with Crippen LogP contribution in [-0.4, -0.2) is 28.6 Å². The maximum absolute atomic E-state index is 10.9. The van der Waals surface area contributed by atoms with E-state index >= 15 is 0 Å². The SMILES string of the molecule is CC(O)CCC(O)C[P+](c1ccccc1)(c1ccccc1)c1ccccc1. The van der Waals surface area contributed by atoms with Crippen molar-refractivity contribution in [2.75, 3.05) is 6.16 Å². The summed E-state index contributed by atoms with van der Waals surface area (Å²) in [5.41, 5.74) is 0. The van der Waals surface area contributed by atoms with E-state index in [1.54, 1.807) is 6.92 Å². The molecule has 3 aromatic rings. The topological polar surface area (TPSA) is 40.5 Å². The molecule has 3 aromatic carbocycles. The number of aliphatic hydroxyl groups excluding tert-OH is 2. The van der Waals surface area contributed by atoms with Crippen LogP contribution in [-0.2, 0) is 0 Å². The molecule has 0 aliphatic rings. The van der Waals surface area contributed by atoms with Gasteiger partial charge in [-0.25, -0.2) is 0 Å². The summed E-state index contributed by atoms with van der Waals surface area (Å²) < 4.78 is 0. The molecular formula is C24H28O2P+. The first kappa shape index (κ1) is 19.8. The Morgan fingerprint density at radius 1 is 0.630 bits per heavy atom. The molecule has 0 radical (unpaired) electrons. The zero-order valence-corrected chi connectivity index (χ0v) is 16.7. The van der Waals surface area contributed by atoms with Gasteiger partial charge < -0.3 is 10.2 Å². The van der Waals surface area contributed by atoms with E-state index in [1.807, 2.05) is 18.2 Å². The van der Waals surface area contributed by atoms with Crippen LogP contribution in [0.5, 0.6) is 0 Å². The minimum atomic E-state index is -2.00. The molecule has 3 rings (SSSR count). The van der Waals surface area contributed by atoms with Gasteiger partial charge in [-0.1, -0.05) is 54.6 Å². The molecule has 0 spiro atoms. The third-order valence-corrected chi connectivity index (χ3v) is 9.50. The van der Waals surface area contributed by atoms with E-state index in [9.17, 15) is 10.2 Å². The van der Waals surface area contributed by atoms with Gasteiger partial charge in [-0.2, -0.15) is 0 Å². The van der Waals surface area contributed by atoms with Crippen molar-refractivity contribution in [2.24, 2.45) is 0 Å². The number of rotatable bonds is 8. The van der Waals surface area contributed by atoms with Gasteiger partial charge in [0.25, 0.3) is 0 Å². The minimum absolute atomic E-state index is 0.391. The lowest BCUT2D eigenvalue weighted by molar-refractivity contribution is 0.135. The first-order valence-electron chi connectivity index (χ1n) is 9.54. The number of aliphatic hydroxyl groups is 2. The lowest BCUT2D eigenvalue weighted by atomic mass is 10.1. The Balaban J connectivity index is 2.14. The van der Waals surface area contributed by atoms with E-state index in [0.29, 0.717) is 19.0 Å². The second-order valence-electron chi connectivity index (χ2n) is 7.08.